The molecular weight excluding hydrogens is 272 g/mol. The predicted molar refractivity (Wildman–Crippen MR) is 71.4 cm³/mol. The predicted octanol–water partition coefficient (Wildman–Crippen LogP) is 2.39. The minimum absolute atomic E-state index is 0.0334. The molecule has 0 unspecified atom stereocenters. The molecule has 1 aromatic carbocycles. The summed E-state index contributed by atoms with van der Waals surface area (Å²) in [6.07, 6.45) is -0.269. The Bertz CT molecular complexity index is 481. The van der Waals surface area contributed by atoms with Gasteiger partial charge in [0.1, 0.15) is 0 Å². The molecule has 0 spiro atoms. The Morgan fingerprint density at radius 2 is 2.15 bits per heavy atom. The second-order valence-electron chi connectivity index (χ2n) is 4.52. The van der Waals surface area contributed by atoms with Crippen molar-refractivity contribution in [1.29, 1.82) is 0 Å². The molecule has 0 saturated carbocycles. The van der Waals surface area contributed by atoms with Crippen LogP contribution in [0.25, 0.3) is 0 Å². The topological polar surface area (TPSA) is 90.4 Å². The van der Waals surface area contributed by atoms with Crippen LogP contribution in [-0.4, -0.2) is 30.0 Å². The lowest BCUT2D eigenvalue weighted by molar-refractivity contribution is -0.386. The number of nitrogens with two attached hydrogens (primary N) is 1. The van der Waals surface area contributed by atoms with Crippen LogP contribution in [0.2, 0.25) is 0 Å². The minimum atomic E-state index is -3.04. The van der Waals surface area contributed by atoms with Crippen molar-refractivity contribution < 1.29 is 18.4 Å². The van der Waals surface area contributed by atoms with Crippen molar-refractivity contribution in [2.24, 2.45) is 5.73 Å². The van der Waals surface area contributed by atoms with Gasteiger partial charge < -0.3 is 15.8 Å². The summed E-state index contributed by atoms with van der Waals surface area (Å²) in [4.78, 5) is 10.3. The summed E-state index contributed by atoms with van der Waals surface area (Å²) < 4.78 is 31.4. The van der Waals surface area contributed by atoms with Gasteiger partial charge in [-0.15, -0.1) is 0 Å². The Hall–Kier alpha value is -1.96. The summed E-state index contributed by atoms with van der Waals surface area (Å²) in [6.45, 7) is 2.00. The number of hydrogen-bond donors (Lipinski definition) is 2. The van der Waals surface area contributed by atoms with E-state index < -0.39 is 23.9 Å². The molecule has 0 bridgehead atoms. The lowest BCUT2D eigenvalue weighted by Gasteiger charge is -2.16. The fourth-order valence-electron chi connectivity index (χ4n) is 1.43. The fraction of sp³-hybridized carbons (Fsp3) is 0.500. The van der Waals surface area contributed by atoms with Crippen LogP contribution in [0, 0.1) is 10.1 Å². The van der Waals surface area contributed by atoms with Gasteiger partial charge in [0, 0.05) is 17.8 Å². The maximum atomic E-state index is 13.0. The third-order valence-corrected chi connectivity index (χ3v) is 2.37. The van der Waals surface area contributed by atoms with Gasteiger partial charge in [-0.25, -0.2) is 8.78 Å². The van der Waals surface area contributed by atoms with E-state index in [1.165, 1.54) is 18.2 Å². The van der Waals surface area contributed by atoms with Gasteiger partial charge >= 0.3 is 5.69 Å². The molecule has 0 aliphatic rings. The molecular formula is C12H17F2N3O3. The molecule has 6 nitrogen and oxygen atoms in total. The van der Waals surface area contributed by atoms with Gasteiger partial charge in [-0.1, -0.05) is 0 Å². The monoisotopic (exact) mass is 289 g/mol. The van der Waals surface area contributed by atoms with Gasteiger partial charge in [0.15, 0.2) is 5.75 Å². The Morgan fingerprint density at radius 3 is 2.65 bits per heavy atom. The smallest absolute Gasteiger partial charge is 0.311 e. The van der Waals surface area contributed by atoms with Crippen molar-refractivity contribution in [1.82, 2.24) is 0 Å². The van der Waals surface area contributed by atoms with Crippen LogP contribution in [0.3, 0.4) is 0 Å². The number of nitrogens with one attached hydrogen (secondary N) is 1. The van der Waals surface area contributed by atoms with Crippen LogP contribution < -0.4 is 15.8 Å². The summed E-state index contributed by atoms with van der Waals surface area (Å²) in [6, 6.07) is 3.88. The Morgan fingerprint density at radius 1 is 1.50 bits per heavy atom. The summed E-state index contributed by atoms with van der Waals surface area (Å²) >= 11 is 0. The molecule has 0 fully saturated rings. The molecule has 112 valence electrons. The van der Waals surface area contributed by atoms with Crippen molar-refractivity contribution in [2.75, 3.05) is 18.4 Å². The molecule has 1 aromatic rings. The van der Waals surface area contributed by atoms with Crippen LogP contribution in [0.5, 0.6) is 5.75 Å². The summed E-state index contributed by atoms with van der Waals surface area (Å²) in [5.74, 6) is -3.01. The fourth-order valence-corrected chi connectivity index (χ4v) is 1.43. The van der Waals surface area contributed by atoms with Crippen molar-refractivity contribution in [3.63, 3.8) is 0 Å². The number of alkyl halides is 2. The first-order valence-electron chi connectivity index (χ1n) is 6.02. The van der Waals surface area contributed by atoms with E-state index in [1.807, 2.05) is 0 Å². The van der Waals surface area contributed by atoms with Crippen molar-refractivity contribution in [2.45, 2.75) is 25.9 Å². The lowest BCUT2D eigenvalue weighted by Crippen LogP contribution is -2.35. The quantitative estimate of drug-likeness (QED) is 0.594. The third-order valence-electron chi connectivity index (χ3n) is 2.37. The Balaban J connectivity index is 2.92. The SMILES string of the molecule is CC(C)Oc1cc(NCC(F)(F)CN)ccc1[N+](=O)[O-]. The molecule has 0 amide bonds. The summed E-state index contributed by atoms with van der Waals surface area (Å²) in [5, 5.41) is 13.3. The van der Waals surface area contributed by atoms with Crippen LogP contribution in [0.1, 0.15) is 13.8 Å². The minimum Gasteiger partial charge on any atom is -0.484 e. The van der Waals surface area contributed by atoms with E-state index >= 15 is 0 Å². The maximum absolute atomic E-state index is 13.0. The standard InChI is InChI=1S/C12H17F2N3O3/c1-8(2)20-11-5-9(3-4-10(11)17(18)19)16-7-12(13,14)6-15/h3-5,8,16H,6-7,15H2,1-2H3. The molecule has 0 aliphatic heterocycles. The number of benzene rings is 1. The number of nitrogens with zero attached hydrogens (tertiary/aromatic N) is 1. The zero-order valence-electron chi connectivity index (χ0n) is 11.2. The number of halogens is 2. The number of nitro groups is 1. The van der Waals surface area contributed by atoms with Crippen molar-refractivity contribution in [3.8, 4) is 5.75 Å². The highest BCUT2D eigenvalue weighted by molar-refractivity contribution is 5.58. The van der Waals surface area contributed by atoms with E-state index in [-0.39, 0.29) is 17.5 Å². The first kappa shape index (κ1) is 16.1. The number of hydrogen-bond acceptors (Lipinski definition) is 5. The normalized spacial score (nSPS) is 11.5. The van der Waals surface area contributed by atoms with Crippen molar-refractivity contribution in [3.05, 3.63) is 28.3 Å². The molecule has 8 heteroatoms. The molecule has 1 rings (SSSR count). The number of anilines is 1. The highest BCUT2D eigenvalue weighted by atomic mass is 19.3. The first-order valence-corrected chi connectivity index (χ1v) is 6.02. The first-order chi connectivity index (χ1) is 9.25. The molecule has 0 saturated heterocycles. The number of nitro benzene ring substituents is 1. The largest absolute Gasteiger partial charge is 0.484 e. The molecule has 20 heavy (non-hydrogen) atoms. The Kier molecular flexibility index (Phi) is 5.20. The average molecular weight is 289 g/mol. The van der Waals surface area contributed by atoms with Gasteiger partial charge in [0.2, 0.25) is 0 Å². The molecule has 0 aliphatic carbocycles. The van der Waals surface area contributed by atoms with Crippen LogP contribution in [0.15, 0.2) is 18.2 Å². The van der Waals surface area contributed by atoms with Crippen LogP contribution >= 0.6 is 0 Å². The van der Waals surface area contributed by atoms with Crippen LogP contribution in [0.4, 0.5) is 20.2 Å². The van der Waals surface area contributed by atoms with E-state index in [4.69, 9.17) is 10.5 Å². The highest BCUT2D eigenvalue weighted by Gasteiger charge is 2.26. The Labute approximate surface area is 115 Å². The van der Waals surface area contributed by atoms with Gasteiger partial charge in [0.25, 0.3) is 5.92 Å². The molecule has 0 atom stereocenters. The zero-order valence-corrected chi connectivity index (χ0v) is 11.2. The third kappa shape index (κ3) is 4.61. The van der Waals surface area contributed by atoms with E-state index in [0.717, 1.165) is 0 Å². The van der Waals surface area contributed by atoms with E-state index in [9.17, 15) is 18.9 Å². The van der Waals surface area contributed by atoms with Crippen LogP contribution in [-0.2, 0) is 0 Å². The summed E-state index contributed by atoms with van der Waals surface area (Å²) in [5.41, 5.74) is 5.02. The second-order valence-corrected chi connectivity index (χ2v) is 4.52. The molecule has 0 heterocycles. The number of ether oxygens (including phenoxy) is 1. The number of rotatable bonds is 7. The molecule has 0 aromatic heterocycles. The average Bonchev–Trinajstić information content (AvgIpc) is 2.35. The highest BCUT2D eigenvalue weighted by Crippen LogP contribution is 2.31. The van der Waals surface area contributed by atoms with Gasteiger partial charge in [-0.2, -0.15) is 0 Å². The molecule has 0 radical (unpaired) electrons. The van der Waals surface area contributed by atoms with E-state index in [1.54, 1.807) is 13.8 Å². The van der Waals surface area contributed by atoms with Crippen molar-refractivity contribution >= 4 is 11.4 Å². The molecule has 3 N–H and O–H groups in total. The van der Waals surface area contributed by atoms with Gasteiger partial charge in [0.05, 0.1) is 24.1 Å². The van der Waals surface area contributed by atoms with E-state index in [0.29, 0.717) is 5.69 Å². The maximum Gasteiger partial charge on any atom is 0.311 e. The van der Waals surface area contributed by atoms with Gasteiger partial charge in [-0.05, 0) is 19.9 Å². The lowest BCUT2D eigenvalue weighted by atomic mass is 10.2. The summed E-state index contributed by atoms with van der Waals surface area (Å²) in [7, 11) is 0. The second kappa shape index (κ2) is 6.47. The van der Waals surface area contributed by atoms with Gasteiger partial charge in [-0.3, -0.25) is 10.1 Å². The zero-order chi connectivity index (χ0) is 15.3. The van der Waals surface area contributed by atoms with E-state index in [2.05, 4.69) is 5.32 Å².